The Kier molecular flexibility index (Phi) is 4.84. The summed E-state index contributed by atoms with van der Waals surface area (Å²) in [6, 6.07) is 7.64. The van der Waals surface area contributed by atoms with Crippen molar-refractivity contribution in [3.05, 3.63) is 46.1 Å². The number of hydrogen-bond donors (Lipinski definition) is 0. The van der Waals surface area contributed by atoms with Gasteiger partial charge in [-0.1, -0.05) is 36.7 Å². The Balaban J connectivity index is 2.57. The molecule has 0 spiro atoms. The van der Waals surface area contributed by atoms with Gasteiger partial charge in [0.2, 0.25) is 0 Å². The van der Waals surface area contributed by atoms with E-state index in [9.17, 15) is 4.79 Å². The molecule has 1 aliphatic rings. The lowest BCUT2D eigenvalue weighted by molar-refractivity contribution is -0.139. The maximum absolute atomic E-state index is 12.4. The first-order chi connectivity index (χ1) is 9.97. The fourth-order valence-corrected chi connectivity index (χ4v) is 3.03. The van der Waals surface area contributed by atoms with Gasteiger partial charge in [0.05, 0.1) is 12.2 Å². The molecule has 112 valence electrons. The Morgan fingerprint density at radius 1 is 1.33 bits per heavy atom. The molecule has 21 heavy (non-hydrogen) atoms. The molecule has 1 heterocycles. The van der Waals surface area contributed by atoms with Gasteiger partial charge in [-0.25, -0.2) is 4.79 Å². The maximum Gasteiger partial charge on any atom is 0.336 e. The summed E-state index contributed by atoms with van der Waals surface area (Å²) in [6.45, 7) is 8.06. The third-order valence-electron chi connectivity index (χ3n) is 3.94. The second kappa shape index (κ2) is 6.44. The summed E-state index contributed by atoms with van der Waals surface area (Å²) < 4.78 is 5.22. The molecule has 0 aromatic heterocycles. The molecule has 0 N–H and O–H groups in total. The van der Waals surface area contributed by atoms with Crippen LogP contribution in [0, 0.1) is 5.92 Å². The van der Waals surface area contributed by atoms with E-state index in [-0.39, 0.29) is 17.8 Å². The number of halogens is 1. The molecular weight excluding hydrogens is 286 g/mol. The van der Waals surface area contributed by atoms with Crippen LogP contribution in [0.5, 0.6) is 0 Å². The zero-order valence-corrected chi connectivity index (χ0v) is 13.6. The molecule has 2 unspecified atom stereocenters. The average Bonchev–Trinajstić information content (AvgIpc) is 2.43. The second-order valence-electron chi connectivity index (χ2n) is 5.26. The zero-order chi connectivity index (χ0) is 15.6. The highest BCUT2D eigenvalue weighted by atomic mass is 35.5. The molecule has 2 atom stereocenters. The SMILES string of the molecule is CCOC(=O)C1=C(C)N=C(C)C(C)C1c1ccccc1Cl. The van der Waals surface area contributed by atoms with Crippen LogP contribution in [0.15, 0.2) is 40.5 Å². The van der Waals surface area contributed by atoms with Crippen molar-refractivity contribution < 1.29 is 9.53 Å². The normalized spacial score (nSPS) is 22.0. The van der Waals surface area contributed by atoms with Crippen molar-refractivity contribution in [2.45, 2.75) is 33.6 Å². The molecule has 0 amide bonds. The van der Waals surface area contributed by atoms with E-state index in [0.29, 0.717) is 22.9 Å². The van der Waals surface area contributed by atoms with Crippen molar-refractivity contribution in [1.82, 2.24) is 0 Å². The predicted octanol–water partition coefficient (Wildman–Crippen LogP) is 4.37. The van der Waals surface area contributed by atoms with Crippen LogP contribution in [0.25, 0.3) is 0 Å². The Morgan fingerprint density at radius 2 is 2.00 bits per heavy atom. The lowest BCUT2D eigenvalue weighted by Gasteiger charge is -2.31. The molecule has 0 aliphatic carbocycles. The van der Waals surface area contributed by atoms with E-state index in [1.807, 2.05) is 38.1 Å². The summed E-state index contributed by atoms with van der Waals surface area (Å²) in [5, 5.41) is 0.665. The highest BCUT2D eigenvalue weighted by Crippen LogP contribution is 2.41. The van der Waals surface area contributed by atoms with Gasteiger partial charge in [0.25, 0.3) is 0 Å². The quantitative estimate of drug-likeness (QED) is 0.778. The van der Waals surface area contributed by atoms with Crippen molar-refractivity contribution >= 4 is 23.3 Å². The molecule has 0 saturated heterocycles. The van der Waals surface area contributed by atoms with Crippen LogP contribution in [-0.4, -0.2) is 18.3 Å². The van der Waals surface area contributed by atoms with Crippen molar-refractivity contribution in [3.8, 4) is 0 Å². The molecule has 2 rings (SSSR count). The molecule has 0 radical (unpaired) electrons. The van der Waals surface area contributed by atoms with Crippen molar-refractivity contribution in [2.24, 2.45) is 10.9 Å². The van der Waals surface area contributed by atoms with Crippen molar-refractivity contribution in [3.63, 3.8) is 0 Å². The first-order valence-electron chi connectivity index (χ1n) is 7.14. The fraction of sp³-hybridized carbons (Fsp3) is 0.412. The predicted molar refractivity (Wildman–Crippen MR) is 85.8 cm³/mol. The maximum atomic E-state index is 12.4. The standard InChI is InChI=1S/C17H20ClNO2/c1-5-21-17(20)16-12(4)19-11(3)10(2)15(16)13-8-6-7-9-14(13)18/h6-10,15H,5H2,1-4H3. The summed E-state index contributed by atoms with van der Waals surface area (Å²) in [5.74, 6) is -0.314. The van der Waals surface area contributed by atoms with E-state index in [1.165, 1.54) is 0 Å². The molecule has 0 fully saturated rings. The highest BCUT2D eigenvalue weighted by Gasteiger charge is 2.35. The van der Waals surface area contributed by atoms with E-state index < -0.39 is 0 Å². The van der Waals surface area contributed by atoms with Crippen LogP contribution in [0.3, 0.4) is 0 Å². The molecule has 4 heteroatoms. The first kappa shape index (κ1) is 15.8. The Hall–Kier alpha value is -1.61. The number of carbonyl (C=O) groups is 1. The smallest absolute Gasteiger partial charge is 0.336 e. The number of aliphatic imine (C=N–C) groups is 1. The molecule has 0 bridgehead atoms. The molecule has 1 aliphatic heterocycles. The molecule has 1 aromatic rings. The number of esters is 1. The number of allylic oxidation sites excluding steroid dienone is 1. The van der Waals surface area contributed by atoms with Gasteiger partial charge in [-0.2, -0.15) is 0 Å². The lowest BCUT2D eigenvalue weighted by Crippen LogP contribution is -2.28. The number of benzene rings is 1. The summed E-state index contributed by atoms with van der Waals surface area (Å²) in [5.41, 5.74) is 3.28. The van der Waals surface area contributed by atoms with Gasteiger partial charge in [0.15, 0.2) is 0 Å². The first-order valence-corrected chi connectivity index (χ1v) is 7.52. The summed E-state index contributed by atoms with van der Waals surface area (Å²) >= 11 is 6.35. The molecule has 0 saturated carbocycles. The Morgan fingerprint density at radius 3 is 2.62 bits per heavy atom. The Labute approximate surface area is 130 Å². The third-order valence-corrected chi connectivity index (χ3v) is 4.28. The van der Waals surface area contributed by atoms with E-state index >= 15 is 0 Å². The monoisotopic (exact) mass is 305 g/mol. The van der Waals surface area contributed by atoms with Crippen molar-refractivity contribution in [1.29, 1.82) is 0 Å². The fourth-order valence-electron chi connectivity index (χ4n) is 2.78. The lowest BCUT2D eigenvalue weighted by atomic mass is 9.76. The van der Waals surface area contributed by atoms with Gasteiger partial charge < -0.3 is 4.74 Å². The van der Waals surface area contributed by atoms with Crippen LogP contribution in [0.2, 0.25) is 5.02 Å². The van der Waals surface area contributed by atoms with Gasteiger partial charge in [0.1, 0.15) is 0 Å². The van der Waals surface area contributed by atoms with Gasteiger partial charge in [-0.05, 0) is 32.4 Å². The molecular formula is C17H20ClNO2. The van der Waals surface area contributed by atoms with Crippen LogP contribution in [-0.2, 0) is 9.53 Å². The zero-order valence-electron chi connectivity index (χ0n) is 12.8. The number of hydrogen-bond acceptors (Lipinski definition) is 3. The molecule has 3 nitrogen and oxygen atoms in total. The van der Waals surface area contributed by atoms with E-state index in [4.69, 9.17) is 16.3 Å². The van der Waals surface area contributed by atoms with Crippen LogP contribution in [0.1, 0.15) is 39.2 Å². The van der Waals surface area contributed by atoms with E-state index in [0.717, 1.165) is 11.3 Å². The van der Waals surface area contributed by atoms with Crippen LogP contribution in [0.4, 0.5) is 0 Å². The van der Waals surface area contributed by atoms with Crippen LogP contribution >= 0.6 is 11.6 Å². The van der Waals surface area contributed by atoms with Gasteiger partial charge in [0, 0.05) is 28.3 Å². The van der Waals surface area contributed by atoms with Gasteiger partial charge >= 0.3 is 5.97 Å². The van der Waals surface area contributed by atoms with Gasteiger partial charge in [-0.3, -0.25) is 4.99 Å². The summed E-state index contributed by atoms with van der Waals surface area (Å²) in [7, 11) is 0. The molecule has 1 aromatic carbocycles. The number of ether oxygens (including phenoxy) is 1. The van der Waals surface area contributed by atoms with Crippen LogP contribution < -0.4 is 0 Å². The van der Waals surface area contributed by atoms with E-state index in [1.54, 1.807) is 6.92 Å². The van der Waals surface area contributed by atoms with Gasteiger partial charge in [-0.15, -0.1) is 0 Å². The second-order valence-corrected chi connectivity index (χ2v) is 5.67. The largest absolute Gasteiger partial charge is 0.463 e. The van der Waals surface area contributed by atoms with E-state index in [2.05, 4.69) is 11.9 Å². The Bertz CT molecular complexity index is 619. The number of carbonyl (C=O) groups excluding carboxylic acids is 1. The number of rotatable bonds is 3. The number of nitrogens with zero attached hydrogens (tertiary/aromatic N) is 1. The third kappa shape index (κ3) is 3.03. The summed E-state index contributed by atoms with van der Waals surface area (Å²) in [4.78, 5) is 16.9. The average molecular weight is 306 g/mol. The minimum Gasteiger partial charge on any atom is -0.463 e. The minimum atomic E-state index is -0.303. The minimum absolute atomic E-state index is 0.105. The van der Waals surface area contributed by atoms with Crippen molar-refractivity contribution in [2.75, 3.05) is 6.61 Å². The topological polar surface area (TPSA) is 38.7 Å². The summed E-state index contributed by atoms with van der Waals surface area (Å²) in [6.07, 6.45) is 0. The highest BCUT2D eigenvalue weighted by molar-refractivity contribution is 6.31.